The third kappa shape index (κ3) is 5.36. The summed E-state index contributed by atoms with van der Waals surface area (Å²) in [7, 11) is 0. The molecule has 0 N–H and O–H groups in total. The number of hydrogen-bond acceptors (Lipinski definition) is 2. The molecule has 3 nitrogen and oxygen atoms in total. The molecule has 9 rings (SSSR count). The van der Waals surface area contributed by atoms with Crippen LogP contribution in [0.2, 0.25) is 0 Å². The molecule has 1 atom stereocenters. The number of fused-ring (bicyclic) bond motifs is 3. The average molecular weight is 628 g/mol. The van der Waals surface area contributed by atoms with E-state index in [2.05, 4.69) is 181 Å². The number of para-hydroxylation sites is 1. The van der Waals surface area contributed by atoms with E-state index in [4.69, 9.17) is 9.97 Å². The van der Waals surface area contributed by atoms with Crippen molar-refractivity contribution >= 4 is 21.8 Å². The van der Waals surface area contributed by atoms with Crippen LogP contribution in [0.5, 0.6) is 0 Å². The fourth-order valence-corrected chi connectivity index (χ4v) is 7.13. The summed E-state index contributed by atoms with van der Waals surface area (Å²) in [6.45, 7) is 0. The zero-order chi connectivity index (χ0) is 32.6. The minimum atomic E-state index is 0.394. The number of aromatic nitrogens is 3. The van der Waals surface area contributed by atoms with Gasteiger partial charge in [0.05, 0.1) is 16.7 Å². The molecule has 0 saturated heterocycles. The standard InChI is InChI=1S/C46H33N3/c1-4-14-32(15-5-1)33-24-26-36(27-25-33)46-47-42(35-18-8-3-9-19-35)31-45(48-46)49-43-23-13-12-22-40(43)41-29-28-37(30-44(41)49)39-21-11-10-20-38(39)34-16-6-2-7-17-34/h1-14,16-32H,15H2. The summed E-state index contributed by atoms with van der Waals surface area (Å²) in [5.74, 6) is 1.94. The maximum Gasteiger partial charge on any atom is 0.162 e. The summed E-state index contributed by atoms with van der Waals surface area (Å²) in [5, 5.41) is 2.39. The molecule has 0 fully saturated rings. The molecule has 0 radical (unpaired) electrons. The van der Waals surface area contributed by atoms with Crippen molar-refractivity contribution < 1.29 is 0 Å². The molecule has 2 aromatic heterocycles. The maximum absolute atomic E-state index is 5.31. The zero-order valence-corrected chi connectivity index (χ0v) is 26.9. The van der Waals surface area contributed by atoms with E-state index in [0.717, 1.165) is 45.7 Å². The highest BCUT2D eigenvalue weighted by Gasteiger charge is 2.18. The Labute approximate surface area is 286 Å². The van der Waals surface area contributed by atoms with Gasteiger partial charge in [-0.1, -0.05) is 164 Å². The number of nitrogens with zero attached hydrogens (tertiary/aromatic N) is 3. The van der Waals surface area contributed by atoms with Crippen molar-refractivity contribution in [2.45, 2.75) is 12.3 Å². The van der Waals surface area contributed by atoms with Crippen molar-refractivity contribution in [1.29, 1.82) is 0 Å². The van der Waals surface area contributed by atoms with Crippen LogP contribution in [0, 0.1) is 0 Å². The smallest absolute Gasteiger partial charge is 0.162 e. The molecular formula is C46H33N3. The van der Waals surface area contributed by atoms with Crippen LogP contribution < -0.4 is 0 Å². The van der Waals surface area contributed by atoms with Crippen LogP contribution >= 0.6 is 0 Å². The predicted octanol–water partition coefficient (Wildman–Crippen LogP) is 11.8. The largest absolute Gasteiger partial charge is 0.294 e. The van der Waals surface area contributed by atoms with E-state index < -0.39 is 0 Å². The van der Waals surface area contributed by atoms with E-state index in [1.807, 2.05) is 6.07 Å². The van der Waals surface area contributed by atoms with Gasteiger partial charge in [-0.15, -0.1) is 0 Å². The van der Waals surface area contributed by atoms with Crippen LogP contribution in [0.1, 0.15) is 17.9 Å². The second-order valence-corrected chi connectivity index (χ2v) is 12.6. The fourth-order valence-electron chi connectivity index (χ4n) is 7.13. The zero-order valence-electron chi connectivity index (χ0n) is 26.9. The van der Waals surface area contributed by atoms with Crippen LogP contribution in [0.15, 0.2) is 182 Å². The molecule has 0 saturated carbocycles. The lowest BCUT2D eigenvalue weighted by Crippen LogP contribution is -2.03. The molecule has 0 spiro atoms. The molecule has 0 aliphatic heterocycles. The first-order valence-corrected chi connectivity index (χ1v) is 16.9. The predicted molar refractivity (Wildman–Crippen MR) is 204 cm³/mol. The van der Waals surface area contributed by atoms with E-state index in [9.17, 15) is 0 Å². The molecule has 0 bridgehead atoms. The monoisotopic (exact) mass is 627 g/mol. The Morgan fingerprint density at radius 1 is 0.490 bits per heavy atom. The van der Waals surface area contributed by atoms with Gasteiger partial charge in [0.25, 0.3) is 0 Å². The van der Waals surface area contributed by atoms with Gasteiger partial charge in [-0.25, -0.2) is 9.97 Å². The molecule has 2 heterocycles. The average Bonchev–Trinajstić information content (AvgIpc) is 3.52. The SMILES string of the molecule is C1=CCC(c2ccc(-c3nc(-c4ccccc4)cc(-n4c5ccccc5c5ccc(-c6ccccc6-c6ccccc6)cc54)n3)cc2)C=C1. The second-order valence-electron chi connectivity index (χ2n) is 12.6. The summed E-state index contributed by atoms with van der Waals surface area (Å²) in [4.78, 5) is 10.5. The lowest BCUT2D eigenvalue weighted by molar-refractivity contribution is 0.854. The van der Waals surface area contributed by atoms with Crippen LogP contribution in [0.3, 0.4) is 0 Å². The van der Waals surface area contributed by atoms with Gasteiger partial charge in [0.2, 0.25) is 0 Å². The topological polar surface area (TPSA) is 30.7 Å². The third-order valence-electron chi connectivity index (χ3n) is 9.59. The summed E-state index contributed by atoms with van der Waals surface area (Å²) >= 11 is 0. The number of benzene rings is 6. The third-order valence-corrected chi connectivity index (χ3v) is 9.59. The minimum absolute atomic E-state index is 0.394. The van der Waals surface area contributed by atoms with Crippen LogP contribution in [0.4, 0.5) is 0 Å². The molecule has 49 heavy (non-hydrogen) atoms. The lowest BCUT2D eigenvalue weighted by atomic mass is 9.92. The molecular weight excluding hydrogens is 595 g/mol. The molecule has 1 aliphatic carbocycles. The Bertz CT molecular complexity index is 2510. The van der Waals surface area contributed by atoms with Crippen LogP contribution in [-0.2, 0) is 0 Å². The highest BCUT2D eigenvalue weighted by molar-refractivity contribution is 6.10. The molecule has 0 amide bonds. The Morgan fingerprint density at radius 3 is 1.90 bits per heavy atom. The lowest BCUT2D eigenvalue weighted by Gasteiger charge is -2.15. The van der Waals surface area contributed by atoms with E-state index in [0.29, 0.717) is 11.7 Å². The number of allylic oxidation sites excluding steroid dienone is 4. The van der Waals surface area contributed by atoms with E-state index in [-0.39, 0.29) is 0 Å². The second kappa shape index (κ2) is 12.4. The van der Waals surface area contributed by atoms with Crippen molar-refractivity contribution in [3.63, 3.8) is 0 Å². The van der Waals surface area contributed by atoms with E-state index in [1.165, 1.54) is 33.0 Å². The van der Waals surface area contributed by atoms with Crippen molar-refractivity contribution in [2.24, 2.45) is 0 Å². The van der Waals surface area contributed by atoms with Gasteiger partial charge in [0, 0.05) is 33.9 Å². The van der Waals surface area contributed by atoms with Gasteiger partial charge >= 0.3 is 0 Å². The highest BCUT2D eigenvalue weighted by Crippen LogP contribution is 2.38. The van der Waals surface area contributed by atoms with Gasteiger partial charge < -0.3 is 0 Å². The first-order chi connectivity index (χ1) is 24.3. The van der Waals surface area contributed by atoms with E-state index >= 15 is 0 Å². The molecule has 8 aromatic rings. The van der Waals surface area contributed by atoms with Crippen LogP contribution in [0.25, 0.3) is 72.5 Å². The van der Waals surface area contributed by atoms with Gasteiger partial charge in [-0.05, 0) is 46.4 Å². The quantitative estimate of drug-likeness (QED) is 0.184. The Hall–Kier alpha value is -6.32. The van der Waals surface area contributed by atoms with Crippen molar-refractivity contribution in [3.05, 3.63) is 188 Å². The van der Waals surface area contributed by atoms with Crippen molar-refractivity contribution in [3.8, 4) is 50.7 Å². The fraction of sp³-hybridized carbons (Fsp3) is 0.0435. The minimum Gasteiger partial charge on any atom is -0.294 e. The first kappa shape index (κ1) is 28.9. The van der Waals surface area contributed by atoms with Crippen molar-refractivity contribution in [1.82, 2.24) is 14.5 Å². The van der Waals surface area contributed by atoms with E-state index in [1.54, 1.807) is 0 Å². The summed E-state index contributed by atoms with van der Waals surface area (Å²) in [5.41, 5.74) is 11.2. The normalized spacial score (nSPS) is 14.1. The molecule has 3 heteroatoms. The Balaban J connectivity index is 1.25. The number of rotatable bonds is 6. The Kier molecular flexibility index (Phi) is 7.29. The van der Waals surface area contributed by atoms with Gasteiger partial charge in [-0.3, -0.25) is 4.57 Å². The summed E-state index contributed by atoms with van der Waals surface area (Å²) in [6.07, 6.45) is 9.78. The molecule has 1 aliphatic rings. The number of hydrogen-bond donors (Lipinski definition) is 0. The molecule has 6 aromatic carbocycles. The highest BCUT2D eigenvalue weighted by atomic mass is 15.1. The van der Waals surface area contributed by atoms with Crippen molar-refractivity contribution in [2.75, 3.05) is 0 Å². The Morgan fingerprint density at radius 2 is 1.14 bits per heavy atom. The summed E-state index contributed by atoms with van der Waals surface area (Å²) in [6, 6.07) is 56.1. The molecule has 232 valence electrons. The maximum atomic E-state index is 5.31. The first-order valence-electron chi connectivity index (χ1n) is 16.9. The van der Waals surface area contributed by atoms with Gasteiger partial charge in [-0.2, -0.15) is 0 Å². The van der Waals surface area contributed by atoms with Crippen LogP contribution in [-0.4, -0.2) is 14.5 Å². The van der Waals surface area contributed by atoms with Gasteiger partial charge in [0.15, 0.2) is 5.82 Å². The summed E-state index contributed by atoms with van der Waals surface area (Å²) < 4.78 is 2.31. The van der Waals surface area contributed by atoms with Gasteiger partial charge in [0.1, 0.15) is 5.82 Å². The molecule has 1 unspecified atom stereocenters.